The Hall–Kier alpha value is -2.08. The molecule has 0 spiro atoms. The van der Waals surface area contributed by atoms with E-state index in [2.05, 4.69) is 15.9 Å². The largest absolute Gasteiger partial charge is 0.487 e. The van der Waals surface area contributed by atoms with Crippen LogP contribution in [0.25, 0.3) is 0 Å². The Labute approximate surface area is 124 Å². The normalized spacial score (nSPS) is 10.1. The lowest BCUT2D eigenvalue weighted by molar-refractivity contribution is -0.385. The highest BCUT2D eigenvalue weighted by molar-refractivity contribution is 9.10. The van der Waals surface area contributed by atoms with Crippen LogP contribution in [-0.2, 0) is 0 Å². The van der Waals surface area contributed by atoms with Crippen LogP contribution in [0.3, 0.4) is 0 Å². The summed E-state index contributed by atoms with van der Waals surface area (Å²) in [7, 11) is 0. The van der Waals surface area contributed by atoms with Crippen molar-refractivity contribution in [3.05, 3.63) is 57.1 Å². The Bertz CT molecular complexity index is 630. The second kappa shape index (κ2) is 6.38. The Morgan fingerprint density at radius 2 is 1.95 bits per heavy atom. The van der Waals surface area contributed by atoms with Gasteiger partial charge in [-0.15, -0.1) is 0 Å². The fourth-order valence-corrected chi connectivity index (χ4v) is 2.00. The number of nitro groups is 1. The number of nitro benzene ring substituents is 1. The first-order chi connectivity index (χ1) is 9.61. The van der Waals surface area contributed by atoms with Crippen molar-refractivity contribution in [1.82, 2.24) is 0 Å². The van der Waals surface area contributed by atoms with Gasteiger partial charge in [0.25, 0.3) is 0 Å². The van der Waals surface area contributed by atoms with Crippen molar-refractivity contribution in [1.29, 1.82) is 0 Å². The summed E-state index contributed by atoms with van der Waals surface area (Å²) in [5, 5.41) is 10.9. The molecule has 0 saturated heterocycles. The van der Waals surface area contributed by atoms with E-state index in [-0.39, 0.29) is 11.4 Å². The van der Waals surface area contributed by atoms with Crippen molar-refractivity contribution in [2.45, 2.75) is 6.92 Å². The number of hydrogen-bond donors (Lipinski definition) is 0. The molecular formula is C14H12BrNO4. The molecule has 2 rings (SSSR count). The lowest BCUT2D eigenvalue weighted by Crippen LogP contribution is -1.98. The molecule has 0 unspecified atom stereocenters. The van der Waals surface area contributed by atoms with Crippen LogP contribution in [0, 0.1) is 10.1 Å². The molecule has 0 aliphatic carbocycles. The monoisotopic (exact) mass is 337 g/mol. The first-order valence-corrected chi connectivity index (χ1v) is 6.74. The molecule has 0 fully saturated rings. The lowest BCUT2D eigenvalue weighted by atomic mass is 10.2. The summed E-state index contributed by atoms with van der Waals surface area (Å²) in [6.07, 6.45) is 0. The molecule has 2 aromatic carbocycles. The van der Waals surface area contributed by atoms with Crippen molar-refractivity contribution < 1.29 is 14.4 Å². The molecule has 6 heteroatoms. The van der Waals surface area contributed by atoms with Gasteiger partial charge in [-0.25, -0.2) is 0 Å². The number of benzene rings is 2. The van der Waals surface area contributed by atoms with E-state index in [9.17, 15) is 10.1 Å². The standard InChI is InChI=1S/C14H12BrNO4/c1-2-19-14-9-10(7-8-12(14)16(17)18)20-13-6-4-3-5-11(13)15/h3-9H,2H2,1H3. The Morgan fingerprint density at radius 1 is 1.20 bits per heavy atom. The first-order valence-electron chi connectivity index (χ1n) is 5.95. The Kier molecular flexibility index (Phi) is 4.57. The molecule has 0 aliphatic rings. The van der Waals surface area contributed by atoms with Crippen LogP contribution in [0.1, 0.15) is 6.92 Å². The van der Waals surface area contributed by atoms with E-state index in [0.717, 1.165) is 4.47 Å². The van der Waals surface area contributed by atoms with Crippen LogP contribution in [0.2, 0.25) is 0 Å². The molecule has 0 amide bonds. The zero-order chi connectivity index (χ0) is 14.5. The van der Waals surface area contributed by atoms with Gasteiger partial charge in [-0.1, -0.05) is 12.1 Å². The van der Waals surface area contributed by atoms with Crippen LogP contribution < -0.4 is 9.47 Å². The minimum Gasteiger partial charge on any atom is -0.487 e. The molecule has 0 N–H and O–H groups in total. The fourth-order valence-electron chi connectivity index (χ4n) is 1.63. The van der Waals surface area contributed by atoms with E-state index in [1.54, 1.807) is 19.1 Å². The summed E-state index contributed by atoms with van der Waals surface area (Å²) in [6.45, 7) is 2.12. The van der Waals surface area contributed by atoms with Gasteiger partial charge in [0, 0.05) is 12.1 Å². The number of hydrogen-bond acceptors (Lipinski definition) is 4. The van der Waals surface area contributed by atoms with Crippen molar-refractivity contribution in [2.24, 2.45) is 0 Å². The van der Waals surface area contributed by atoms with E-state index in [0.29, 0.717) is 18.1 Å². The van der Waals surface area contributed by atoms with E-state index >= 15 is 0 Å². The minimum absolute atomic E-state index is 0.0775. The van der Waals surface area contributed by atoms with Gasteiger partial charge in [-0.3, -0.25) is 10.1 Å². The summed E-state index contributed by atoms with van der Waals surface area (Å²) >= 11 is 3.38. The van der Waals surface area contributed by atoms with Crippen LogP contribution in [0.5, 0.6) is 17.2 Å². The molecule has 0 bridgehead atoms. The quantitative estimate of drug-likeness (QED) is 0.593. The predicted octanol–water partition coefficient (Wildman–Crippen LogP) is 4.55. The van der Waals surface area contributed by atoms with E-state index < -0.39 is 4.92 Å². The highest BCUT2D eigenvalue weighted by Gasteiger charge is 2.16. The highest BCUT2D eigenvalue weighted by atomic mass is 79.9. The molecule has 0 saturated carbocycles. The van der Waals surface area contributed by atoms with Crippen molar-refractivity contribution >= 4 is 21.6 Å². The minimum atomic E-state index is -0.479. The summed E-state index contributed by atoms with van der Waals surface area (Å²) < 4.78 is 11.8. The van der Waals surface area contributed by atoms with Gasteiger partial charge in [-0.2, -0.15) is 0 Å². The highest BCUT2D eigenvalue weighted by Crippen LogP contribution is 2.35. The van der Waals surface area contributed by atoms with Crippen LogP contribution in [0.15, 0.2) is 46.9 Å². The van der Waals surface area contributed by atoms with Gasteiger partial charge in [-0.05, 0) is 41.1 Å². The topological polar surface area (TPSA) is 61.6 Å². The maximum atomic E-state index is 10.9. The summed E-state index contributed by atoms with van der Waals surface area (Å²) in [5.41, 5.74) is -0.0775. The summed E-state index contributed by atoms with van der Waals surface area (Å²) in [5.74, 6) is 1.30. The van der Waals surface area contributed by atoms with E-state index in [1.165, 1.54) is 12.1 Å². The third kappa shape index (κ3) is 3.27. The number of para-hydroxylation sites is 1. The van der Waals surface area contributed by atoms with Gasteiger partial charge < -0.3 is 9.47 Å². The zero-order valence-corrected chi connectivity index (χ0v) is 12.3. The predicted molar refractivity (Wildman–Crippen MR) is 78.5 cm³/mol. The van der Waals surface area contributed by atoms with Crippen LogP contribution in [-0.4, -0.2) is 11.5 Å². The summed E-state index contributed by atoms with van der Waals surface area (Å²) in [6, 6.07) is 11.8. The third-order valence-corrected chi connectivity index (χ3v) is 3.15. The molecule has 0 radical (unpaired) electrons. The number of nitrogens with zero attached hydrogens (tertiary/aromatic N) is 1. The summed E-state index contributed by atoms with van der Waals surface area (Å²) in [4.78, 5) is 10.4. The Morgan fingerprint density at radius 3 is 2.60 bits per heavy atom. The van der Waals surface area contributed by atoms with Crippen molar-refractivity contribution in [3.63, 3.8) is 0 Å². The molecule has 2 aromatic rings. The number of rotatable bonds is 5. The average molecular weight is 338 g/mol. The smallest absolute Gasteiger partial charge is 0.311 e. The first kappa shape index (κ1) is 14.3. The Balaban J connectivity index is 2.32. The van der Waals surface area contributed by atoms with Crippen molar-refractivity contribution in [3.8, 4) is 17.2 Å². The van der Waals surface area contributed by atoms with Crippen LogP contribution >= 0.6 is 15.9 Å². The lowest BCUT2D eigenvalue weighted by Gasteiger charge is -2.09. The average Bonchev–Trinajstić information content (AvgIpc) is 2.42. The van der Waals surface area contributed by atoms with Gasteiger partial charge in [0.05, 0.1) is 16.0 Å². The maximum Gasteiger partial charge on any atom is 0.311 e. The zero-order valence-electron chi connectivity index (χ0n) is 10.7. The van der Waals surface area contributed by atoms with Gasteiger partial charge in [0.2, 0.25) is 5.75 Å². The SMILES string of the molecule is CCOc1cc(Oc2ccccc2Br)ccc1[N+](=O)[O-]. The number of halogens is 1. The van der Waals surface area contributed by atoms with E-state index in [4.69, 9.17) is 9.47 Å². The van der Waals surface area contributed by atoms with E-state index in [1.807, 2.05) is 18.2 Å². The van der Waals surface area contributed by atoms with Crippen LogP contribution in [0.4, 0.5) is 5.69 Å². The molecule has 0 aliphatic heterocycles. The molecule has 0 heterocycles. The number of ether oxygens (including phenoxy) is 2. The van der Waals surface area contributed by atoms with Gasteiger partial charge in [0.15, 0.2) is 0 Å². The molecule has 0 aromatic heterocycles. The second-order valence-electron chi connectivity index (χ2n) is 3.85. The fraction of sp³-hybridized carbons (Fsp3) is 0.143. The molecule has 0 atom stereocenters. The third-order valence-electron chi connectivity index (χ3n) is 2.49. The van der Waals surface area contributed by atoms with Crippen molar-refractivity contribution in [2.75, 3.05) is 6.61 Å². The molecular weight excluding hydrogens is 326 g/mol. The maximum absolute atomic E-state index is 10.9. The molecule has 104 valence electrons. The van der Waals surface area contributed by atoms with Gasteiger partial charge >= 0.3 is 5.69 Å². The molecule has 5 nitrogen and oxygen atoms in total. The van der Waals surface area contributed by atoms with Gasteiger partial charge in [0.1, 0.15) is 11.5 Å². The second-order valence-corrected chi connectivity index (χ2v) is 4.71. The molecule has 20 heavy (non-hydrogen) atoms.